The topological polar surface area (TPSA) is 211 Å². The number of carbonyl (C=O) groups excluding carboxylic acids is 4. The van der Waals surface area contributed by atoms with Crippen LogP contribution in [0.25, 0.3) is 0 Å². The molecule has 1 rings (SSSR count). The fourth-order valence-electron chi connectivity index (χ4n) is 2.53. The molecule has 0 aliphatic carbocycles. The molecule has 3 atom stereocenters. The fraction of sp³-hybridized carbons (Fsp3) is 0.667. The highest BCUT2D eigenvalue weighted by atomic mass is 16.4. The molecule has 0 aromatic carbocycles. The third-order valence-electron chi connectivity index (χ3n) is 4.06. The Kier molecular flexibility index (Phi) is 9.27. The van der Waals surface area contributed by atoms with Crippen molar-refractivity contribution in [1.29, 1.82) is 0 Å². The van der Waals surface area contributed by atoms with E-state index in [0.717, 1.165) is 4.90 Å². The highest BCUT2D eigenvalue weighted by molar-refractivity contribution is 5.93. The highest BCUT2D eigenvalue weighted by Crippen LogP contribution is 2.17. The predicted octanol–water partition coefficient (Wildman–Crippen LogP) is -4.91. The number of carbonyl (C=O) groups is 5. The largest absolute Gasteiger partial charge is 0.480 e. The lowest BCUT2D eigenvalue weighted by atomic mass is 10.2. The zero-order chi connectivity index (χ0) is 21.3. The van der Waals surface area contributed by atoms with Gasteiger partial charge in [-0.3, -0.25) is 19.2 Å². The molecule has 1 aliphatic rings. The van der Waals surface area contributed by atoms with Crippen molar-refractivity contribution in [2.24, 2.45) is 5.73 Å². The standard InChI is InChI=1S/C15H25N5O8/c16-8(6-21)13(25)17-4-11(23)19-9(7-22)14(26)18-5-12(24)20-3-1-2-10(20)15(27)28/h8-10,21-22H,1-7,16H2,(H,17,25)(H,18,26)(H,19,23)(H,27,28)/t8-,9-,10-/m0/s1. The predicted molar refractivity (Wildman–Crippen MR) is 92.5 cm³/mol. The van der Waals surface area contributed by atoms with E-state index in [-0.39, 0.29) is 6.54 Å². The molecule has 0 radical (unpaired) electrons. The molecule has 1 fully saturated rings. The van der Waals surface area contributed by atoms with Crippen LogP contribution in [0.1, 0.15) is 12.8 Å². The van der Waals surface area contributed by atoms with Crippen LogP contribution in [0.5, 0.6) is 0 Å². The third kappa shape index (κ3) is 6.75. The average Bonchev–Trinajstić information content (AvgIpc) is 3.17. The summed E-state index contributed by atoms with van der Waals surface area (Å²) in [6, 6.07) is -3.51. The van der Waals surface area contributed by atoms with Crippen LogP contribution in [0, 0.1) is 0 Å². The van der Waals surface area contributed by atoms with Gasteiger partial charge in [-0.05, 0) is 12.8 Å². The minimum absolute atomic E-state index is 0.265. The van der Waals surface area contributed by atoms with Gasteiger partial charge in [-0.25, -0.2) is 4.79 Å². The number of nitrogens with zero attached hydrogens (tertiary/aromatic N) is 1. The summed E-state index contributed by atoms with van der Waals surface area (Å²) in [7, 11) is 0. The average molecular weight is 403 g/mol. The number of carboxylic acid groups (broad SMARTS) is 1. The number of amides is 4. The SMILES string of the molecule is N[C@@H](CO)C(=O)NCC(=O)N[C@@H](CO)C(=O)NCC(=O)N1CCC[C@H]1C(=O)O. The molecule has 0 unspecified atom stereocenters. The second-order valence-electron chi connectivity index (χ2n) is 6.11. The quantitative estimate of drug-likeness (QED) is 0.186. The van der Waals surface area contributed by atoms with Gasteiger partial charge in [0.1, 0.15) is 18.1 Å². The molecule has 1 saturated heterocycles. The number of nitrogens with two attached hydrogens (primary N) is 1. The summed E-state index contributed by atoms with van der Waals surface area (Å²) in [6.07, 6.45) is 0.869. The fourth-order valence-corrected chi connectivity index (χ4v) is 2.53. The van der Waals surface area contributed by atoms with Crippen LogP contribution in [0.2, 0.25) is 0 Å². The zero-order valence-corrected chi connectivity index (χ0v) is 15.1. The van der Waals surface area contributed by atoms with Crippen molar-refractivity contribution < 1.29 is 39.3 Å². The number of nitrogens with one attached hydrogen (secondary N) is 3. The Morgan fingerprint density at radius 3 is 2.25 bits per heavy atom. The monoisotopic (exact) mass is 403 g/mol. The lowest BCUT2D eigenvalue weighted by molar-refractivity contribution is -0.148. The zero-order valence-electron chi connectivity index (χ0n) is 15.1. The second kappa shape index (κ2) is 11.2. The lowest BCUT2D eigenvalue weighted by Crippen LogP contribution is -2.54. The van der Waals surface area contributed by atoms with Gasteiger partial charge in [0.2, 0.25) is 23.6 Å². The Balaban J connectivity index is 2.46. The molecule has 0 saturated carbocycles. The molecule has 4 amide bonds. The first-order valence-electron chi connectivity index (χ1n) is 8.55. The summed E-state index contributed by atoms with van der Waals surface area (Å²) in [6.45, 7) is -2.14. The molecular formula is C15H25N5O8. The van der Waals surface area contributed by atoms with Gasteiger partial charge in [0, 0.05) is 6.54 Å². The number of aliphatic hydroxyl groups excluding tert-OH is 2. The van der Waals surface area contributed by atoms with Gasteiger partial charge >= 0.3 is 5.97 Å². The smallest absolute Gasteiger partial charge is 0.326 e. The molecule has 8 N–H and O–H groups in total. The van der Waals surface area contributed by atoms with Gasteiger partial charge in [-0.1, -0.05) is 0 Å². The minimum atomic E-state index is -1.38. The molecule has 0 aromatic rings. The van der Waals surface area contributed by atoms with E-state index in [9.17, 15) is 29.1 Å². The van der Waals surface area contributed by atoms with Gasteiger partial charge in [-0.2, -0.15) is 0 Å². The maximum Gasteiger partial charge on any atom is 0.326 e. The lowest BCUT2D eigenvalue weighted by Gasteiger charge is -2.22. The Morgan fingerprint density at radius 2 is 1.68 bits per heavy atom. The van der Waals surface area contributed by atoms with Crippen molar-refractivity contribution in [2.75, 3.05) is 32.8 Å². The first kappa shape index (κ1) is 23.3. The normalized spacial score (nSPS) is 18.1. The van der Waals surface area contributed by atoms with Gasteiger partial charge in [0.05, 0.1) is 26.3 Å². The second-order valence-corrected chi connectivity index (χ2v) is 6.11. The van der Waals surface area contributed by atoms with Crippen LogP contribution < -0.4 is 21.7 Å². The van der Waals surface area contributed by atoms with E-state index in [2.05, 4.69) is 16.0 Å². The molecule has 1 aliphatic heterocycles. The van der Waals surface area contributed by atoms with E-state index in [1.54, 1.807) is 0 Å². The van der Waals surface area contributed by atoms with Crippen LogP contribution in [0.3, 0.4) is 0 Å². The number of aliphatic hydroxyl groups is 2. The van der Waals surface area contributed by atoms with Gasteiger partial charge in [0.25, 0.3) is 0 Å². The number of rotatable bonds is 10. The van der Waals surface area contributed by atoms with Crippen molar-refractivity contribution in [3.63, 3.8) is 0 Å². The summed E-state index contributed by atoms with van der Waals surface area (Å²) >= 11 is 0. The Labute approximate surface area is 160 Å². The maximum absolute atomic E-state index is 12.1. The summed E-state index contributed by atoms with van der Waals surface area (Å²) < 4.78 is 0. The van der Waals surface area contributed by atoms with Crippen LogP contribution in [-0.4, -0.2) is 101 Å². The third-order valence-corrected chi connectivity index (χ3v) is 4.06. The first-order chi connectivity index (χ1) is 13.2. The van der Waals surface area contributed by atoms with Crippen LogP contribution in [0.15, 0.2) is 0 Å². The number of hydrogen-bond acceptors (Lipinski definition) is 8. The van der Waals surface area contributed by atoms with Crippen LogP contribution >= 0.6 is 0 Å². The number of hydrogen-bond donors (Lipinski definition) is 7. The van der Waals surface area contributed by atoms with Crippen LogP contribution in [-0.2, 0) is 24.0 Å². The maximum atomic E-state index is 12.1. The van der Waals surface area contributed by atoms with Crippen molar-refractivity contribution in [2.45, 2.75) is 31.0 Å². The molecule has 158 valence electrons. The van der Waals surface area contributed by atoms with Gasteiger partial charge in [-0.15, -0.1) is 0 Å². The molecule has 13 nitrogen and oxygen atoms in total. The first-order valence-corrected chi connectivity index (χ1v) is 8.55. The van der Waals surface area contributed by atoms with Crippen molar-refractivity contribution in [3.8, 4) is 0 Å². The summed E-state index contributed by atoms with van der Waals surface area (Å²) in [5.74, 6) is -4.14. The van der Waals surface area contributed by atoms with E-state index in [1.165, 1.54) is 0 Å². The molecular weight excluding hydrogens is 378 g/mol. The van der Waals surface area contributed by atoms with E-state index < -0.39 is 74.0 Å². The van der Waals surface area contributed by atoms with Crippen molar-refractivity contribution in [3.05, 3.63) is 0 Å². The Bertz CT molecular complexity index is 613. The Hall–Kier alpha value is -2.77. The number of aliphatic carboxylic acids is 1. The van der Waals surface area contributed by atoms with Crippen LogP contribution in [0.4, 0.5) is 0 Å². The molecule has 0 aromatic heterocycles. The van der Waals surface area contributed by atoms with Crippen molar-refractivity contribution >= 4 is 29.6 Å². The van der Waals surface area contributed by atoms with Crippen molar-refractivity contribution in [1.82, 2.24) is 20.9 Å². The van der Waals surface area contributed by atoms with E-state index in [4.69, 9.17) is 15.9 Å². The molecule has 13 heteroatoms. The van der Waals surface area contributed by atoms with Gasteiger partial charge in [0.15, 0.2) is 0 Å². The van der Waals surface area contributed by atoms with Gasteiger partial charge < -0.3 is 41.9 Å². The molecule has 0 bridgehead atoms. The molecule has 1 heterocycles. The summed E-state index contributed by atoms with van der Waals surface area (Å²) in [5.41, 5.74) is 5.26. The van der Waals surface area contributed by atoms with E-state index in [0.29, 0.717) is 12.8 Å². The number of carboxylic acids is 1. The van der Waals surface area contributed by atoms with E-state index in [1.807, 2.05) is 0 Å². The Morgan fingerprint density at radius 1 is 1.04 bits per heavy atom. The minimum Gasteiger partial charge on any atom is -0.480 e. The molecule has 28 heavy (non-hydrogen) atoms. The highest BCUT2D eigenvalue weighted by Gasteiger charge is 2.34. The molecule has 0 spiro atoms. The number of likely N-dealkylation sites (tertiary alicyclic amines) is 1. The summed E-state index contributed by atoms with van der Waals surface area (Å²) in [4.78, 5) is 59.4. The summed E-state index contributed by atoms with van der Waals surface area (Å²) in [5, 5.41) is 33.6. The van der Waals surface area contributed by atoms with E-state index >= 15 is 0 Å².